The third kappa shape index (κ3) is 3.02. The summed E-state index contributed by atoms with van der Waals surface area (Å²) in [4.78, 5) is 13.9. The highest BCUT2D eigenvalue weighted by atomic mass is 19.3. The van der Waals surface area contributed by atoms with Gasteiger partial charge in [0.25, 0.3) is 11.6 Å². The van der Waals surface area contributed by atoms with Crippen LogP contribution in [0.1, 0.15) is 0 Å². The molecule has 1 aromatic heterocycles. The Bertz CT molecular complexity index is 694. The number of nitrogens with one attached hydrogen (secondary N) is 1. The number of alkyl halides is 2. The molecule has 0 unspecified atom stereocenters. The highest BCUT2D eigenvalue weighted by Gasteiger charge is 2.29. The van der Waals surface area contributed by atoms with E-state index in [9.17, 15) is 23.3 Å². The third-order valence-electron chi connectivity index (χ3n) is 2.77. The number of nitrogens with zero attached hydrogens (tertiary/aromatic N) is 2. The molecule has 0 atom stereocenters. The van der Waals surface area contributed by atoms with Crippen molar-refractivity contribution in [1.82, 2.24) is 4.98 Å². The molecule has 2 N–H and O–H groups in total. The van der Waals surface area contributed by atoms with Gasteiger partial charge in [0, 0.05) is 6.20 Å². The smallest absolute Gasteiger partial charge is 0.287 e. The molecule has 1 aromatic carbocycles. The van der Waals surface area contributed by atoms with Crippen LogP contribution in [0.2, 0.25) is 0 Å². The second-order valence-electron chi connectivity index (χ2n) is 4.28. The van der Waals surface area contributed by atoms with E-state index in [1.54, 1.807) is 0 Å². The number of hydrogen-bond acceptors (Lipinski definition) is 5. The molecule has 9 heteroatoms. The van der Waals surface area contributed by atoms with Crippen LogP contribution in [0.3, 0.4) is 0 Å². The van der Waals surface area contributed by atoms with Crippen molar-refractivity contribution in [1.29, 1.82) is 0 Å². The molecule has 0 aliphatic carbocycles. The average Bonchev–Trinajstić information content (AvgIpc) is 2.45. The molecular weight excluding hydrogens is 291 g/mol. The van der Waals surface area contributed by atoms with Crippen LogP contribution < -0.4 is 5.32 Å². The van der Waals surface area contributed by atoms with Gasteiger partial charge < -0.3 is 10.4 Å². The maximum Gasteiger partial charge on any atom is 0.287 e. The number of nitro benzene ring substituents is 1. The van der Waals surface area contributed by atoms with Crippen molar-refractivity contribution in [2.24, 2.45) is 0 Å². The zero-order valence-electron chi connectivity index (χ0n) is 10.5. The summed E-state index contributed by atoms with van der Waals surface area (Å²) in [5.74, 6) is -4.52. The second-order valence-corrected chi connectivity index (χ2v) is 4.28. The lowest BCUT2D eigenvalue weighted by Gasteiger charge is -2.16. The molecule has 0 aliphatic rings. The predicted molar refractivity (Wildman–Crippen MR) is 68.9 cm³/mol. The summed E-state index contributed by atoms with van der Waals surface area (Å²) in [6, 6.07) is 3.40. The Morgan fingerprint density at radius 3 is 2.81 bits per heavy atom. The van der Waals surface area contributed by atoms with Crippen LogP contribution in [-0.4, -0.2) is 34.1 Å². The summed E-state index contributed by atoms with van der Waals surface area (Å²) in [7, 11) is 0. The minimum atomic E-state index is -3.45. The van der Waals surface area contributed by atoms with Crippen molar-refractivity contribution >= 4 is 22.3 Å². The zero-order chi connectivity index (χ0) is 15.6. The van der Waals surface area contributed by atoms with Crippen LogP contribution in [0.25, 0.3) is 10.9 Å². The Labute approximate surface area is 116 Å². The number of anilines is 1. The minimum absolute atomic E-state index is 0.0266. The average molecular weight is 301 g/mol. The molecule has 0 saturated heterocycles. The largest absolute Gasteiger partial charge is 0.390 e. The first-order valence-corrected chi connectivity index (χ1v) is 5.80. The van der Waals surface area contributed by atoms with E-state index >= 15 is 0 Å². The van der Waals surface area contributed by atoms with E-state index in [0.717, 1.165) is 0 Å². The number of hydrogen-bond donors (Lipinski definition) is 2. The van der Waals surface area contributed by atoms with E-state index in [1.165, 1.54) is 18.3 Å². The van der Waals surface area contributed by atoms with Crippen molar-refractivity contribution < 1.29 is 23.2 Å². The van der Waals surface area contributed by atoms with E-state index in [0.29, 0.717) is 6.07 Å². The van der Waals surface area contributed by atoms with Gasteiger partial charge in [-0.2, -0.15) is 0 Å². The molecule has 0 saturated carbocycles. The fourth-order valence-electron chi connectivity index (χ4n) is 1.79. The van der Waals surface area contributed by atoms with Crippen molar-refractivity contribution in [3.05, 3.63) is 40.3 Å². The van der Waals surface area contributed by atoms with Gasteiger partial charge in [-0.15, -0.1) is 0 Å². The van der Waals surface area contributed by atoms with Gasteiger partial charge in [0.05, 0.1) is 28.6 Å². The van der Waals surface area contributed by atoms with Crippen LogP contribution in [0, 0.1) is 15.9 Å². The lowest BCUT2D eigenvalue weighted by Crippen LogP contribution is -2.31. The second kappa shape index (κ2) is 5.52. The SMILES string of the molecule is O=[N+]([O-])c1cc(F)c(NCC(F)(F)CO)c2ncccc12. The van der Waals surface area contributed by atoms with Gasteiger partial charge in [-0.1, -0.05) is 0 Å². The Morgan fingerprint density at radius 2 is 2.19 bits per heavy atom. The first kappa shape index (κ1) is 15.0. The third-order valence-corrected chi connectivity index (χ3v) is 2.77. The van der Waals surface area contributed by atoms with Gasteiger partial charge in [-0.3, -0.25) is 15.1 Å². The maximum absolute atomic E-state index is 13.9. The van der Waals surface area contributed by atoms with E-state index in [4.69, 9.17) is 5.11 Å². The summed E-state index contributed by atoms with van der Waals surface area (Å²) in [5.41, 5.74) is -1.00. The molecule has 0 fully saturated rings. The van der Waals surface area contributed by atoms with Crippen molar-refractivity contribution in [2.45, 2.75) is 5.92 Å². The molecule has 0 bridgehead atoms. The Balaban J connectivity index is 2.52. The van der Waals surface area contributed by atoms with Crippen molar-refractivity contribution in [3.63, 3.8) is 0 Å². The van der Waals surface area contributed by atoms with Gasteiger partial charge in [0.1, 0.15) is 12.1 Å². The van der Waals surface area contributed by atoms with Crippen molar-refractivity contribution in [3.8, 4) is 0 Å². The number of nitro groups is 1. The molecule has 0 spiro atoms. The van der Waals surface area contributed by atoms with Gasteiger partial charge in [0.15, 0.2) is 5.82 Å². The summed E-state index contributed by atoms with van der Waals surface area (Å²) in [5, 5.41) is 21.5. The fraction of sp³-hybridized carbons (Fsp3) is 0.250. The number of aromatic nitrogens is 1. The standard InChI is InChI=1S/C12H10F3N3O3/c13-8-4-9(18(20)21)7-2-1-3-16-10(7)11(8)17-5-12(14,15)6-19/h1-4,17,19H,5-6H2. The molecule has 0 aliphatic heterocycles. The number of pyridine rings is 1. The molecule has 2 aromatic rings. The van der Waals surface area contributed by atoms with Crippen LogP contribution in [0.4, 0.5) is 24.5 Å². The van der Waals surface area contributed by atoms with Gasteiger partial charge >= 0.3 is 0 Å². The van der Waals surface area contributed by atoms with Crippen LogP contribution >= 0.6 is 0 Å². The molecule has 0 radical (unpaired) electrons. The number of benzene rings is 1. The van der Waals surface area contributed by atoms with Crippen LogP contribution in [0.5, 0.6) is 0 Å². The number of fused-ring (bicyclic) bond motifs is 1. The van der Waals surface area contributed by atoms with Crippen LogP contribution in [0.15, 0.2) is 24.4 Å². The lowest BCUT2D eigenvalue weighted by atomic mass is 10.1. The summed E-state index contributed by atoms with van der Waals surface area (Å²) in [6.45, 7) is -2.43. The minimum Gasteiger partial charge on any atom is -0.390 e. The van der Waals surface area contributed by atoms with Gasteiger partial charge in [-0.05, 0) is 12.1 Å². The lowest BCUT2D eigenvalue weighted by molar-refractivity contribution is -0.383. The number of halogens is 3. The van der Waals surface area contributed by atoms with Crippen molar-refractivity contribution in [2.75, 3.05) is 18.5 Å². The molecule has 2 rings (SSSR count). The van der Waals surface area contributed by atoms with E-state index in [2.05, 4.69) is 10.3 Å². The van der Waals surface area contributed by atoms with E-state index in [1.807, 2.05) is 0 Å². The molecule has 112 valence electrons. The van der Waals surface area contributed by atoms with Gasteiger partial charge in [-0.25, -0.2) is 13.2 Å². The molecule has 21 heavy (non-hydrogen) atoms. The highest BCUT2D eigenvalue weighted by Crippen LogP contribution is 2.33. The number of rotatable bonds is 5. The summed E-state index contributed by atoms with van der Waals surface area (Å²) < 4.78 is 39.9. The van der Waals surface area contributed by atoms with Crippen LogP contribution in [-0.2, 0) is 0 Å². The topological polar surface area (TPSA) is 88.3 Å². The molecule has 0 amide bonds. The van der Waals surface area contributed by atoms with Gasteiger partial charge in [0.2, 0.25) is 0 Å². The summed E-state index contributed by atoms with van der Waals surface area (Å²) in [6.07, 6.45) is 1.26. The maximum atomic E-state index is 13.9. The molecular formula is C12H10F3N3O3. The number of aliphatic hydroxyl groups excluding tert-OH is 1. The number of non-ortho nitro benzene ring substituents is 1. The first-order chi connectivity index (χ1) is 9.85. The molecule has 1 heterocycles. The molecule has 6 nitrogen and oxygen atoms in total. The Hall–Kier alpha value is -2.42. The quantitative estimate of drug-likeness (QED) is 0.653. The van der Waals surface area contributed by atoms with E-state index < -0.39 is 35.5 Å². The Kier molecular flexibility index (Phi) is 3.94. The predicted octanol–water partition coefficient (Wildman–Crippen LogP) is 2.32. The fourth-order valence-corrected chi connectivity index (χ4v) is 1.79. The summed E-state index contributed by atoms with van der Waals surface area (Å²) >= 11 is 0. The highest BCUT2D eigenvalue weighted by molar-refractivity contribution is 5.97. The Morgan fingerprint density at radius 1 is 1.48 bits per heavy atom. The zero-order valence-corrected chi connectivity index (χ0v) is 10.5. The first-order valence-electron chi connectivity index (χ1n) is 5.80. The van der Waals surface area contributed by atoms with E-state index in [-0.39, 0.29) is 16.6 Å². The number of aliphatic hydroxyl groups is 1. The normalized spacial score (nSPS) is 11.6. The monoisotopic (exact) mass is 301 g/mol.